The van der Waals surface area contributed by atoms with Gasteiger partial charge in [-0.25, -0.2) is 0 Å². The van der Waals surface area contributed by atoms with Crippen LogP contribution in [0.15, 0.2) is 84.9 Å². The molecule has 0 unspecified atom stereocenters. The highest BCUT2D eigenvalue weighted by Gasteiger charge is 2.97. The molecule has 1 saturated carbocycles. The van der Waals surface area contributed by atoms with Gasteiger partial charge in [0, 0.05) is 0 Å². The van der Waals surface area contributed by atoms with Crippen molar-refractivity contribution in [3.8, 4) is 0 Å². The lowest BCUT2D eigenvalue weighted by molar-refractivity contribution is -0.157. The number of hydrogen-bond donors (Lipinski definition) is 0. The summed E-state index contributed by atoms with van der Waals surface area (Å²) in [6, 6.07) is 28.6. The van der Waals surface area contributed by atoms with Crippen LogP contribution in [-0.4, -0.2) is 17.4 Å². The van der Waals surface area contributed by atoms with Gasteiger partial charge in [0.25, 0.3) is 0 Å². The van der Waals surface area contributed by atoms with Crippen LogP contribution in [0.25, 0.3) is 0 Å². The Balaban J connectivity index is 1.77. The summed E-state index contributed by atoms with van der Waals surface area (Å²) in [6.45, 7) is 0. The van der Waals surface area contributed by atoms with Gasteiger partial charge < -0.3 is 9.47 Å². The van der Waals surface area contributed by atoms with Gasteiger partial charge in [0.2, 0.25) is 0 Å². The third-order valence-corrected chi connectivity index (χ3v) is 8.62. The molecule has 144 valence electrons. The Morgan fingerprint density at radius 3 is 1.86 bits per heavy atom. The second kappa shape index (κ2) is 5.38. The van der Waals surface area contributed by atoms with Gasteiger partial charge >= 0.3 is 5.97 Å². The standard InChI is InChI=1S/C25H19BrO3/c1-28-21(27)22-16-23(22,26)25(18-12-6-3-7-13-18)20-15-9-8-14-19(20)24(22,29-25)17-10-4-2-5-11-17/h2-15H,16H2,1H3/t22-,23+,24-,25+/m1/s1. The normalized spacial score (nSPS) is 35.7. The van der Waals surface area contributed by atoms with Gasteiger partial charge in [-0.2, -0.15) is 0 Å². The van der Waals surface area contributed by atoms with Crippen LogP contribution in [0.2, 0.25) is 0 Å². The van der Waals surface area contributed by atoms with E-state index in [0.717, 1.165) is 22.3 Å². The molecule has 2 aliphatic heterocycles. The Morgan fingerprint density at radius 2 is 1.31 bits per heavy atom. The Kier molecular flexibility index (Phi) is 3.23. The maximum Gasteiger partial charge on any atom is 0.317 e. The zero-order valence-corrected chi connectivity index (χ0v) is 17.5. The van der Waals surface area contributed by atoms with E-state index < -0.39 is 20.9 Å². The summed E-state index contributed by atoms with van der Waals surface area (Å²) in [5.41, 5.74) is 1.68. The number of methoxy groups -OCH3 is 1. The quantitative estimate of drug-likeness (QED) is 0.423. The summed E-state index contributed by atoms with van der Waals surface area (Å²) in [6.07, 6.45) is 0.644. The number of benzene rings is 3. The average Bonchev–Trinajstić information content (AvgIpc) is 3.26. The van der Waals surface area contributed by atoms with Gasteiger partial charge in [0.1, 0.15) is 16.6 Å². The minimum absolute atomic E-state index is 0.231. The lowest BCUT2D eigenvalue weighted by Crippen LogP contribution is -2.45. The molecule has 3 aromatic carbocycles. The molecule has 3 nitrogen and oxygen atoms in total. The number of rotatable bonds is 3. The number of ether oxygens (including phenoxy) is 2. The van der Waals surface area contributed by atoms with Gasteiger partial charge in [-0.1, -0.05) is 101 Å². The molecule has 1 aliphatic carbocycles. The molecule has 1 saturated heterocycles. The molecule has 0 aromatic heterocycles. The van der Waals surface area contributed by atoms with Crippen molar-refractivity contribution in [2.45, 2.75) is 21.9 Å². The molecule has 2 heterocycles. The third-order valence-electron chi connectivity index (χ3n) is 7.11. The van der Waals surface area contributed by atoms with Crippen LogP contribution in [0.1, 0.15) is 28.7 Å². The predicted octanol–water partition coefficient (Wildman–Crippen LogP) is 4.91. The Labute approximate surface area is 177 Å². The molecular weight excluding hydrogens is 428 g/mol. The molecule has 4 heteroatoms. The smallest absolute Gasteiger partial charge is 0.317 e. The van der Waals surface area contributed by atoms with E-state index in [1.165, 1.54) is 7.11 Å². The van der Waals surface area contributed by atoms with E-state index in [1.54, 1.807) is 0 Å². The van der Waals surface area contributed by atoms with Crippen molar-refractivity contribution in [2.75, 3.05) is 7.11 Å². The molecule has 4 atom stereocenters. The van der Waals surface area contributed by atoms with Gasteiger partial charge in [0.05, 0.1) is 11.4 Å². The molecule has 3 aromatic rings. The van der Waals surface area contributed by atoms with Crippen molar-refractivity contribution >= 4 is 21.9 Å². The van der Waals surface area contributed by atoms with Crippen molar-refractivity contribution in [1.29, 1.82) is 0 Å². The first-order valence-corrected chi connectivity index (χ1v) is 10.6. The van der Waals surface area contributed by atoms with E-state index in [1.807, 2.05) is 48.5 Å². The maximum atomic E-state index is 13.4. The van der Waals surface area contributed by atoms with E-state index in [4.69, 9.17) is 9.47 Å². The van der Waals surface area contributed by atoms with Crippen LogP contribution in [0.3, 0.4) is 0 Å². The molecule has 2 fully saturated rings. The third kappa shape index (κ3) is 1.62. The number of fused-ring (bicyclic) bond motifs is 8. The first-order chi connectivity index (χ1) is 14.1. The van der Waals surface area contributed by atoms with Crippen LogP contribution in [0.5, 0.6) is 0 Å². The maximum absolute atomic E-state index is 13.4. The van der Waals surface area contributed by atoms with Crippen molar-refractivity contribution < 1.29 is 14.3 Å². The number of esters is 1. The molecule has 29 heavy (non-hydrogen) atoms. The van der Waals surface area contributed by atoms with Crippen molar-refractivity contribution in [3.05, 3.63) is 107 Å². The number of carbonyl (C=O) groups excluding carboxylic acids is 1. The molecule has 0 amide bonds. The zero-order chi connectivity index (χ0) is 19.9. The predicted molar refractivity (Wildman–Crippen MR) is 113 cm³/mol. The topological polar surface area (TPSA) is 35.5 Å². The lowest BCUT2D eigenvalue weighted by Gasteiger charge is -2.36. The number of alkyl halides is 1. The summed E-state index contributed by atoms with van der Waals surface area (Å²) in [4.78, 5) is 13.4. The number of carbonyl (C=O) groups is 1. The summed E-state index contributed by atoms with van der Waals surface area (Å²) in [5.74, 6) is -0.231. The van der Waals surface area contributed by atoms with E-state index in [-0.39, 0.29) is 5.97 Å². The van der Waals surface area contributed by atoms with Crippen LogP contribution in [0.4, 0.5) is 0 Å². The van der Waals surface area contributed by atoms with E-state index >= 15 is 0 Å². The van der Waals surface area contributed by atoms with Crippen LogP contribution in [0, 0.1) is 5.41 Å². The van der Waals surface area contributed by atoms with E-state index in [0.29, 0.717) is 6.42 Å². The number of hydrogen-bond acceptors (Lipinski definition) is 3. The van der Waals surface area contributed by atoms with Gasteiger partial charge in [0.15, 0.2) is 0 Å². The molecule has 0 N–H and O–H groups in total. The van der Waals surface area contributed by atoms with Crippen molar-refractivity contribution in [1.82, 2.24) is 0 Å². The van der Waals surface area contributed by atoms with Gasteiger partial charge in [-0.05, 0) is 28.7 Å². The fourth-order valence-corrected chi connectivity index (χ4v) is 7.38. The summed E-state index contributed by atoms with van der Waals surface area (Å²) in [7, 11) is 1.47. The van der Waals surface area contributed by atoms with Crippen LogP contribution in [-0.2, 0) is 25.5 Å². The van der Waals surface area contributed by atoms with E-state index in [2.05, 4.69) is 52.3 Å². The fraction of sp³-hybridized carbons (Fsp3) is 0.240. The molecule has 0 radical (unpaired) electrons. The molecular formula is C25H19BrO3. The summed E-state index contributed by atoms with van der Waals surface area (Å²) >= 11 is 4.04. The highest BCUT2D eigenvalue weighted by atomic mass is 79.9. The Morgan fingerprint density at radius 1 is 0.828 bits per heavy atom. The Hall–Kier alpha value is -2.43. The lowest BCUT2D eigenvalue weighted by atomic mass is 9.65. The van der Waals surface area contributed by atoms with Gasteiger partial charge in [-0.15, -0.1) is 0 Å². The highest BCUT2D eigenvalue weighted by Crippen LogP contribution is 2.89. The first-order valence-electron chi connectivity index (χ1n) is 9.77. The summed E-state index contributed by atoms with van der Waals surface area (Å²) < 4.78 is 11.9. The number of halogens is 1. The monoisotopic (exact) mass is 446 g/mol. The van der Waals surface area contributed by atoms with Crippen molar-refractivity contribution in [2.24, 2.45) is 5.41 Å². The fourth-order valence-electron chi connectivity index (χ4n) is 6.00. The largest absolute Gasteiger partial charge is 0.468 e. The molecule has 6 rings (SSSR count). The SMILES string of the molecule is COC(=O)[C@]12C[C@@]1(Br)[C@@]1(c3ccccc3)O[C@]2(c2ccccc2)c2ccccc21. The van der Waals surface area contributed by atoms with Crippen LogP contribution < -0.4 is 0 Å². The second-order valence-electron chi connectivity index (χ2n) is 8.12. The second-order valence-corrected chi connectivity index (χ2v) is 9.47. The molecule has 3 aliphatic rings. The minimum atomic E-state index is -0.905. The highest BCUT2D eigenvalue weighted by molar-refractivity contribution is 9.10. The summed E-state index contributed by atoms with van der Waals surface area (Å²) in [5, 5.41) is 0. The first kappa shape index (κ1) is 17.4. The molecule has 0 spiro atoms. The van der Waals surface area contributed by atoms with Gasteiger partial charge in [-0.3, -0.25) is 4.79 Å². The zero-order valence-electron chi connectivity index (χ0n) is 15.9. The Bertz CT molecular complexity index is 1150. The van der Waals surface area contributed by atoms with Crippen LogP contribution >= 0.6 is 15.9 Å². The average molecular weight is 447 g/mol. The van der Waals surface area contributed by atoms with Crippen molar-refractivity contribution in [3.63, 3.8) is 0 Å². The minimum Gasteiger partial charge on any atom is -0.468 e. The van der Waals surface area contributed by atoms with E-state index in [9.17, 15) is 4.79 Å². The molecule has 2 bridgehead atoms.